The Bertz CT molecular complexity index is 1260. The number of ether oxygens (including phenoxy) is 1. The van der Waals surface area contributed by atoms with E-state index in [-0.39, 0.29) is 5.56 Å². The minimum atomic E-state index is -0.163. The van der Waals surface area contributed by atoms with Crippen molar-refractivity contribution < 1.29 is 4.74 Å². The lowest BCUT2D eigenvalue weighted by Crippen LogP contribution is -2.14. The van der Waals surface area contributed by atoms with E-state index in [0.717, 1.165) is 46.8 Å². The zero-order valence-corrected chi connectivity index (χ0v) is 15.9. The van der Waals surface area contributed by atoms with Crippen LogP contribution in [0.15, 0.2) is 83.7 Å². The van der Waals surface area contributed by atoms with Gasteiger partial charge in [-0.05, 0) is 53.5 Å². The zero-order valence-electron chi connectivity index (χ0n) is 15.9. The lowest BCUT2D eigenvalue weighted by atomic mass is 10.1. The van der Waals surface area contributed by atoms with Crippen LogP contribution in [0.3, 0.4) is 0 Å². The molecule has 142 valence electrons. The first kappa shape index (κ1) is 17.4. The molecule has 0 N–H and O–H groups in total. The van der Waals surface area contributed by atoms with Crippen LogP contribution in [-0.2, 0) is 13.2 Å². The van der Waals surface area contributed by atoms with Gasteiger partial charge in [0.15, 0.2) is 0 Å². The average Bonchev–Trinajstić information content (AvgIpc) is 3.17. The zero-order chi connectivity index (χ0) is 19.6. The molecule has 0 spiro atoms. The minimum Gasteiger partial charge on any atom is -0.489 e. The molecule has 0 amide bonds. The summed E-state index contributed by atoms with van der Waals surface area (Å²) in [4.78, 5) is 16.8. The molecule has 0 radical (unpaired) electrons. The molecule has 0 unspecified atom stereocenters. The van der Waals surface area contributed by atoms with Crippen molar-refractivity contribution in [1.82, 2.24) is 9.55 Å². The summed E-state index contributed by atoms with van der Waals surface area (Å²) in [6.45, 7) is 1.39. The molecule has 0 aliphatic carbocycles. The molecule has 0 bridgehead atoms. The molecular weight excluding hydrogens is 360 g/mol. The van der Waals surface area contributed by atoms with Crippen molar-refractivity contribution in [3.8, 4) is 5.75 Å². The molecule has 29 heavy (non-hydrogen) atoms. The number of aromatic nitrogens is 2. The van der Waals surface area contributed by atoms with E-state index < -0.39 is 0 Å². The topological polar surface area (TPSA) is 44.1 Å². The average molecular weight is 380 g/mol. The molecule has 1 aromatic heterocycles. The second-order valence-electron chi connectivity index (χ2n) is 7.17. The van der Waals surface area contributed by atoms with Crippen LogP contribution in [0, 0.1) is 0 Å². The fraction of sp³-hybridized carbons (Fsp3) is 0.120. The molecule has 1 aliphatic heterocycles. The Hall–Kier alpha value is -3.66. The van der Waals surface area contributed by atoms with Gasteiger partial charge in [0, 0.05) is 6.54 Å². The molecule has 4 aromatic rings. The number of fused-ring (bicyclic) bond motifs is 3. The van der Waals surface area contributed by atoms with Crippen molar-refractivity contribution in [2.24, 2.45) is 0 Å². The summed E-state index contributed by atoms with van der Waals surface area (Å²) in [5, 5.41) is 0.678. The van der Waals surface area contributed by atoms with Crippen LogP contribution in [0.1, 0.15) is 23.4 Å². The van der Waals surface area contributed by atoms with Crippen LogP contribution in [0.4, 0.5) is 0 Å². The minimum absolute atomic E-state index is 0.163. The number of aryl methyl sites for hydroxylation is 1. The van der Waals surface area contributed by atoms with Gasteiger partial charge in [0.25, 0.3) is 5.56 Å². The lowest BCUT2D eigenvalue weighted by Gasteiger charge is -2.08. The van der Waals surface area contributed by atoms with E-state index in [1.807, 2.05) is 66.7 Å². The van der Waals surface area contributed by atoms with Gasteiger partial charge in [-0.1, -0.05) is 54.6 Å². The molecule has 3 aromatic carbocycles. The maximum absolute atomic E-state index is 12.4. The Morgan fingerprint density at radius 2 is 1.69 bits per heavy atom. The highest BCUT2D eigenvalue weighted by atomic mass is 16.5. The van der Waals surface area contributed by atoms with Crippen LogP contribution >= 0.6 is 0 Å². The summed E-state index contributed by atoms with van der Waals surface area (Å²) >= 11 is 0. The van der Waals surface area contributed by atoms with E-state index in [1.54, 1.807) is 0 Å². The SMILES string of the molecule is O=c1nc2n(c3ccccc13)CC/C2=C/c1ccc(OCc2ccccc2)cc1. The maximum Gasteiger partial charge on any atom is 0.281 e. The number of benzene rings is 3. The molecule has 0 saturated carbocycles. The number of hydrogen-bond acceptors (Lipinski definition) is 3. The monoisotopic (exact) mass is 380 g/mol. The smallest absolute Gasteiger partial charge is 0.281 e. The largest absolute Gasteiger partial charge is 0.489 e. The number of hydrogen-bond donors (Lipinski definition) is 0. The van der Waals surface area contributed by atoms with Gasteiger partial charge in [0.2, 0.25) is 0 Å². The highest BCUT2D eigenvalue weighted by Gasteiger charge is 2.20. The van der Waals surface area contributed by atoms with E-state index in [9.17, 15) is 4.79 Å². The van der Waals surface area contributed by atoms with Gasteiger partial charge >= 0.3 is 0 Å². The first-order chi connectivity index (χ1) is 14.3. The third-order valence-electron chi connectivity index (χ3n) is 5.25. The second kappa shape index (κ2) is 7.40. The van der Waals surface area contributed by atoms with E-state index in [1.165, 1.54) is 0 Å². The Balaban J connectivity index is 1.39. The standard InChI is InChI=1S/C25H20N2O2/c28-25-22-8-4-5-9-23(22)27-15-14-20(24(27)26-25)16-18-10-12-21(13-11-18)29-17-19-6-2-1-3-7-19/h1-13,16H,14-15,17H2/b20-16-. The number of allylic oxidation sites excluding steroid dienone is 1. The predicted molar refractivity (Wildman–Crippen MR) is 116 cm³/mol. The third kappa shape index (κ3) is 3.45. The van der Waals surface area contributed by atoms with Gasteiger partial charge in [-0.25, -0.2) is 0 Å². The van der Waals surface area contributed by atoms with Crippen LogP contribution in [0.25, 0.3) is 22.6 Å². The van der Waals surface area contributed by atoms with E-state index in [2.05, 4.69) is 27.8 Å². The number of rotatable bonds is 4. The molecule has 0 fully saturated rings. The molecule has 0 saturated heterocycles. The first-order valence-electron chi connectivity index (χ1n) is 9.75. The number of para-hydroxylation sites is 1. The van der Waals surface area contributed by atoms with Crippen LogP contribution in [-0.4, -0.2) is 9.55 Å². The second-order valence-corrected chi connectivity index (χ2v) is 7.17. The van der Waals surface area contributed by atoms with Gasteiger partial charge in [-0.15, -0.1) is 0 Å². The van der Waals surface area contributed by atoms with Crippen LogP contribution in [0.5, 0.6) is 5.75 Å². The summed E-state index contributed by atoms with van der Waals surface area (Å²) < 4.78 is 8.00. The summed E-state index contributed by atoms with van der Waals surface area (Å²) in [7, 11) is 0. The van der Waals surface area contributed by atoms with Crippen molar-refractivity contribution in [2.75, 3.05) is 0 Å². The summed E-state index contributed by atoms with van der Waals surface area (Å²) in [6.07, 6.45) is 2.98. The van der Waals surface area contributed by atoms with Crippen LogP contribution < -0.4 is 10.3 Å². The normalized spacial score (nSPS) is 14.3. The third-order valence-corrected chi connectivity index (χ3v) is 5.25. The lowest BCUT2D eigenvalue weighted by molar-refractivity contribution is 0.306. The Morgan fingerprint density at radius 1 is 0.931 bits per heavy atom. The van der Waals surface area contributed by atoms with E-state index in [4.69, 9.17) is 4.74 Å². The fourth-order valence-corrected chi connectivity index (χ4v) is 3.78. The number of nitrogens with zero attached hydrogens (tertiary/aromatic N) is 2. The first-order valence-corrected chi connectivity index (χ1v) is 9.75. The van der Waals surface area contributed by atoms with E-state index >= 15 is 0 Å². The highest BCUT2D eigenvalue weighted by Crippen LogP contribution is 2.29. The molecule has 4 heteroatoms. The van der Waals surface area contributed by atoms with Crippen molar-refractivity contribution in [3.63, 3.8) is 0 Å². The van der Waals surface area contributed by atoms with Gasteiger partial charge in [-0.3, -0.25) is 4.79 Å². The Labute approximate surface area is 168 Å². The molecular formula is C25H20N2O2. The summed E-state index contributed by atoms with van der Waals surface area (Å²) in [5.41, 5.74) is 4.10. The van der Waals surface area contributed by atoms with Gasteiger partial charge in [-0.2, -0.15) is 4.98 Å². The molecule has 2 heterocycles. The van der Waals surface area contributed by atoms with Crippen molar-refractivity contribution in [3.05, 3.63) is 106 Å². The Morgan fingerprint density at radius 3 is 2.52 bits per heavy atom. The molecule has 5 rings (SSSR count). The van der Waals surface area contributed by atoms with Gasteiger partial charge < -0.3 is 9.30 Å². The van der Waals surface area contributed by atoms with Gasteiger partial charge in [0.1, 0.15) is 18.2 Å². The van der Waals surface area contributed by atoms with Crippen molar-refractivity contribution in [1.29, 1.82) is 0 Å². The quantitative estimate of drug-likeness (QED) is 0.505. The fourth-order valence-electron chi connectivity index (χ4n) is 3.78. The highest BCUT2D eigenvalue weighted by molar-refractivity contribution is 5.85. The summed E-state index contributed by atoms with van der Waals surface area (Å²) in [6, 6.07) is 25.8. The van der Waals surface area contributed by atoms with Crippen LogP contribution in [0.2, 0.25) is 0 Å². The molecule has 1 aliphatic rings. The molecule has 0 atom stereocenters. The van der Waals surface area contributed by atoms with E-state index in [0.29, 0.717) is 12.0 Å². The van der Waals surface area contributed by atoms with Crippen molar-refractivity contribution >= 4 is 22.6 Å². The van der Waals surface area contributed by atoms with Gasteiger partial charge in [0.05, 0.1) is 10.9 Å². The predicted octanol–water partition coefficient (Wildman–Crippen LogP) is 4.92. The van der Waals surface area contributed by atoms with Crippen molar-refractivity contribution in [2.45, 2.75) is 19.6 Å². The molecule has 4 nitrogen and oxygen atoms in total. The summed E-state index contributed by atoms with van der Waals surface area (Å²) in [5.74, 6) is 1.61. The Kier molecular flexibility index (Phi) is 4.45. The maximum atomic E-state index is 12.4.